The number of hydrogen-bond acceptors (Lipinski definition) is 8. The third-order valence-corrected chi connectivity index (χ3v) is 14.8. The SMILES string of the molecule is CC/C=C\C/C=C\C/C=C\C/C=C\C/C=C\C/C=C\C/C=C\C/C=C\C/C=C\CCCCCCCCCCCC(=O)OC(COC(=O)CCCCCCCCCCC/C=C\C/C=C\C/C=C\C/C=C\C/C=C\C/C=C\C/C=C\CC)COC(OCC[N+](C)(C)C)C(=O)[O-]. The second-order valence-corrected chi connectivity index (χ2v) is 24.8. The van der Waals surface area contributed by atoms with Gasteiger partial charge in [-0.05, 0) is 141 Å². The van der Waals surface area contributed by atoms with Crippen LogP contribution in [-0.2, 0) is 33.3 Å². The molecule has 0 amide bonds. The largest absolute Gasteiger partial charge is 0.545 e. The molecule has 0 aliphatic carbocycles. The zero-order chi connectivity index (χ0) is 67.5. The van der Waals surface area contributed by atoms with Crippen LogP contribution in [0.15, 0.2) is 194 Å². The minimum absolute atomic E-state index is 0.135. The monoisotopic (exact) mass is 1280 g/mol. The third kappa shape index (κ3) is 73.4. The van der Waals surface area contributed by atoms with Gasteiger partial charge in [-0.3, -0.25) is 9.59 Å². The number of allylic oxidation sites excluding steroid dienone is 32. The third-order valence-electron chi connectivity index (χ3n) is 14.8. The summed E-state index contributed by atoms with van der Waals surface area (Å²) < 4.78 is 22.8. The fraction of sp³-hybridized carbons (Fsp3) is 0.583. The molecule has 0 aromatic rings. The van der Waals surface area contributed by atoms with Gasteiger partial charge in [-0.1, -0.05) is 298 Å². The van der Waals surface area contributed by atoms with E-state index in [1.165, 1.54) is 64.2 Å². The maximum absolute atomic E-state index is 13.0. The Labute approximate surface area is 570 Å². The zero-order valence-corrected chi connectivity index (χ0v) is 59.5. The molecule has 0 N–H and O–H groups in total. The van der Waals surface area contributed by atoms with Gasteiger partial charge in [0.05, 0.1) is 40.3 Å². The predicted octanol–water partition coefficient (Wildman–Crippen LogP) is 22.0. The van der Waals surface area contributed by atoms with Gasteiger partial charge in [0.2, 0.25) is 0 Å². The predicted molar refractivity (Wildman–Crippen MR) is 397 cm³/mol. The molecule has 93 heavy (non-hydrogen) atoms. The van der Waals surface area contributed by atoms with Crippen molar-refractivity contribution in [1.29, 1.82) is 0 Å². The van der Waals surface area contributed by atoms with Gasteiger partial charge >= 0.3 is 11.9 Å². The van der Waals surface area contributed by atoms with Gasteiger partial charge in [-0.25, -0.2) is 0 Å². The molecule has 2 atom stereocenters. The highest BCUT2D eigenvalue weighted by Gasteiger charge is 2.22. The van der Waals surface area contributed by atoms with Crippen molar-refractivity contribution in [3.63, 3.8) is 0 Å². The smallest absolute Gasteiger partial charge is 0.306 e. The van der Waals surface area contributed by atoms with Crippen LogP contribution >= 0.6 is 0 Å². The number of carbonyl (C=O) groups is 3. The lowest BCUT2D eigenvalue weighted by Crippen LogP contribution is -2.44. The van der Waals surface area contributed by atoms with Crippen LogP contribution < -0.4 is 5.11 Å². The van der Waals surface area contributed by atoms with E-state index in [9.17, 15) is 19.5 Å². The van der Waals surface area contributed by atoms with Crippen molar-refractivity contribution in [3.8, 4) is 0 Å². The van der Waals surface area contributed by atoms with E-state index >= 15 is 0 Å². The highest BCUT2D eigenvalue weighted by Crippen LogP contribution is 2.15. The molecular formula is C84H133NO8. The Balaban J connectivity index is 4.21. The number of carbonyl (C=O) groups excluding carboxylic acids is 3. The molecule has 9 nitrogen and oxygen atoms in total. The molecule has 0 spiro atoms. The van der Waals surface area contributed by atoms with Crippen molar-refractivity contribution in [2.75, 3.05) is 47.5 Å². The van der Waals surface area contributed by atoms with Gasteiger partial charge in [0.1, 0.15) is 13.2 Å². The van der Waals surface area contributed by atoms with Crippen LogP contribution in [0.25, 0.3) is 0 Å². The van der Waals surface area contributed by atoms with Gasteiger partial charge < -0.3 is 33.3 Å². The van der Waals surface area contributed by atoms with E-state index in [-0.39, 0.29) is 38.6 Å². The number of carboxylic acids is 1. The lowest BCUT2D eigenvalue weighted by atomic mass is 10.1. The van der Waals surface area contributed by atoms with E-state index in [1.54, 1.807) is 0 Å². The highest BCUT2D eigenvalue weighted by molar-refractivity contribution is 5.70. The summed E-state index contributed by atoms with van der Waals surface area (Å²) in [5, 5.41) is 11.8. The molecule has 9 heteroatoms. The summed E-state index contributed by atoms with van der Waals surface area (Å²) in [6.45, 7) is 4.49. The summed E-state index contributed by atoms with van der Waals surface area (Å²) >= 11 is 0. The first-order valence-corrected chi connectivity index (χ1v) is 36.6. The van der Waals surface area contributed by atoms with Gasteiger partial charge in [0, 0.05) is 12.8 Å². The van der Waals surface area contributed by atoms with Crippen LogP contribution in [0.2, 0.25) is 0 Å². The number of carboxylic acid groups (broad SMARTS) is 1. The lowest BCUT2D eigenvalue weighted by molar-refractivity contribution is -0.870. The topological polar surface area (TPSA) is 111 Å². The van der Waals surface area contributed by atoms with Crippen molar-refractivity contribution in [3.05, 3.63) is 194 Å². The molecule has 2 unspecified atom stereocenters. The van der Waals surface area contributed by atoms with E-state index in [1.807, 2.05) is 21.1 Å². The molecular weight excluding hydrogens is 1150 g/mol. The normalized spacial score (nSPS) is 13.9. The van der Waals surface area contributed by atoms with Gasteiger partial charge in [0.25, 0.3) is 0 Å². The second kappa shape index (κ2) is 72.0. The summed E-state index contributed by atoms with van der Waals surface area (Å²) in [6.07, 6.45) is 108. The Hall–Kier alpha value is -5.87. The molecule has 0 heterocycles. The Morgan fingerprint density at radius 1 is 0.323 bits per heavy atom. The molecule has 0 bridgehead atoms. The van der Waals surface area contributed by atoms with E-state index in [2.05, 4.69) is 208 Å². The van der Waals surface area contributed by atoms with E-state index in [4.69, 9.17) is 18.9 Å². The number of rotatable bonds is 65. The summed E-state index contributed by atoms with van der Waals surface area (Å²) in [6, 6.07) is 0. The van der Waals surface area contributed by atoms with Crippen LogP contribution in [0, 0.1) is 0 Å². The summed E-state index contributed by atoms with van der Waals surface area (Å²) in [5.41, 5.74) is 0. The van der Waals surface area contributed by atoms with Crippen molar-refractivity contribution >= 4 is 17.9 Å². The number of likely N-dealkylation sites (N-methyl/N-ethyl adjacent to an activating group) is 1. The van der Waals surface area contributed by atoms with Crippen molar-refractivity contribution in [1.82, 2.24) is 0 Å². The van der Waals surface area contributed by atoms with E-state index in [0.717, 1.165) is 161 Å². The summed E-state index contributed by atoms with van der Waals surface area (Å²) in [7, 11) is 5.91. The molecule has 0 aliphatic rings. The molecule has 0 radical (unpaired) electrons. The lowest BCUT2D eigenvalue weighted by Gasteiger charge is -2.26. The number of unbranched alkanes of at least 4 members (excludes halogenated alkanes) is 18. The molecule has 0 saturated heterocycles. The highest BCUT2D eigenvalue weighted by atomic mass is 16.7. The average molecular weight is 1280 g/mol. The molecule has 0 aromatic heterocycles. The van der Waals surface area contributed by atoms with Crippen molar-refractivity contribution in [2.45, 2.75) is 270 Å². The average Bonchev–Trinajstić information content (AvgIpc) is 3.73. The van der Waals surface area contributed by atoms with Crippen molar-refractivity contribution in [2.24, 2.45) is 0 Å². The van der Waals surface area contributed by atoms with E-state index < -0.39 is 24.3 Å². The molecule has 0 aromatic carbocycles. The number of hydrogen-bond donors (Lipinski definition) is 0. The maximum Gasteiger partial charge on any atom is 0.306 e. The van der Waals surface area contributed by atoms with Crippen LogP contribution in [0.3, 0.4) is 0 Å². The quantitative estimate of drug-likeness (QED) is 0.0195. The van der Waals surface area contributed by atoms with Crippen LogP contribution in [-0.4, -0.2) is 82.3 Å². The molecule has 0 rings (SSSR count). The first-order valence-electron chi connectivity index (χ1n) is 36.6. The molecule has 0 fully saturated rings. The number of nitrogens with zero attached hydrogens (tertiary/aromatic N) is 1. The van der Waals surface area contributed by atoms with E-state index in [0.29, 0.717) is 17.4 Å². The number of aliphatic carboxylic acids is 1. The minimum Gasteiger partial charge on any atom is -0.545 e. The Bertz CT molecular complexity index is 2230. The first-order chi connectivity index (χ1) is 45.6. The summed E-state index contributed by atoms with van der Waals surface area (Å²) in [5.74, 6) is -2.32. The molecule has 522 valence electrons. The molecule has 0 saturated carbocycles. The van der Waals surface area contributed by atoms with Crippen LogP contribution in [0.5, 0.6) is 0 Å². The zero-order valence-electron chi connectivity index (χ0n) is 59.5. The minimum atomic E-state index is -1.64. The number of esters is 2. The fourth-order valence-electron chi connectivity index (χ4n) is 9.33. The van der Waals surface area contributed by atoms with Gasteiger partial charge in [-0.15, -0.1) is 0 Å². The van der Waals surface area contributed by atoms with Gasteiger partial charge in [0.15, 0.2) is 12.4 Å². The number of quaternary nitrogens is 1. The Morgan fingerprint density at radius 2 is 0.581 bits per heavy atom. The summed E-state index contributed by atoms with van der Waals surface area (Å²) in [4.78, 5) is 37.6. The van der Waals surface area contributed by atoms with Crippen molar-refractivity contribution < 1.29 is 42.9 Å². The van der Waals surface area contributed by atoms with Crippen LogP contribution in [0.4, 0.5) is 0 Å². The Kier molecular flexibility index (Phi) is 67.4. The number of ether oxygens (including phenoxy) is 4. The fourth-order valence-corrected chi connectivity index (χ4v) is 9.33. The maximum atomic E-state index is 13.0. The van der Waals surface area contributed by atoms with Crippen LogP contribution in [0.1, 0.15) is 258 Å². The Morgan fingerprint density at radius 3 is 0.860 bits per heavy atom. The van der Waals surface area contributed by atoms with Gasteiger partial charge in [-0.2, -0.15) is 0 Å². The first kappa shape index (κ1) is 87.1. The second-order valence-electron chi connectivity index (χ2n) is 24.8. The standard InChI is InChI=1S/C84H133NO8/c1-6-8-10-12-14-16-18-20-22-24-26-28-30-32-34-36-38-39-40-41-42-43-45-47-49-51-53-55-57-59-61-63-65-67-69-71-73-75-82(87)93-80(79-92-84(83(88)89)90-77-76-85(3,4)5)78-91-81(86)74-72-70-68-66-64-62-60-58-56-54-52-50-48-46-44-37-35-33-31-29-27-25-23-21-19-17-15-13-11-9-7-2/h8-11,14-17,20-23,26-29,32-35,38-39,41-42,44-47,50-53,80,84H,6-7,12-13,18-19,24-25,30-31,36-37,40,43,48-49,54-79H2,1-5H3/b10-8-,11-9-,16-14-,17-15-,22-20-,23-21-,28-26-,29-27-,34-32-,35-33-,39-38-,42-41-,46-44-,47-45-,52-50-,53-51-. The molecule has 0 aliphatic heterocycles.